The first kappa shape index (κ1) is 9.63. The van der Waals surface area contributed by atoms with Gasteiger partial charge in [-0.2, -0.15) is 0 Å². The lowest BCUT2D eigenvalue weighted by Crippen LogP contribution is -1.84. The minimum absolute atomic E-state index is 0.0649. The van der Waals surface area contributed by atoms with E-state index in [-0.39, 0.29) is 5.38 Å². The van der Waals surface area contributed by atoms with Crippen molar-refractivity contribution in [2.45, 2.75) is 5.38 Å². The highest BCUT2D eigenvalue weighted by Gasteiger charge is 2.00. The summed E-state index contributed by atoms with van der Waals surface area (Å²) in [5, 5.41) is -0.0649. The van der Waals surface area contributed by atoms with Crippen LogP contribution in [0.5, 0.6) is 0 Å². The third kappa shape index (κ3) is 2.88. The average molecular weight is 201 g/mol. The van der Waals surface area contributed by atoms with Crippen molar-refractivity contribution >= 4 is 23.2 Å². The molecule has 0 saturated carbocycles. The van der Waals surface area contributed by atoms with Crippen LogP contribution < -0.4 is 0 Å². The van der Waals surface area contributed by atoms with Gasteiger partial charge in [0.05, 0.1) is 5.38 Å². The first-order chi connectivity index (χ1) is 5.84. The zero-order valence-corrected chi connectivity index (χ0v) is 8.09. The standard InChI is InChI=1S/C10H10Cl2/c11-8-4-7-10(12)9-5-2-1-3-6-9/h1-7,10H,8H2/b7-4+. The summed E-state index contributed by atoms with van der Waals surface area (Å²) in [5.74, 6) is 0.510. The molecule has 12 heavy (non-hydrogen) atoms. The maximum Gasteiger partial charge on any atom is 0.0766 e. The first-order valence-electron chi connectivity index (χ1n) is 3.76. The van der Waals surface area contributed by atoms with Gasteiger partial charge in [-0.3, -0.25) is 0 Å². The van der Waals surface area contributed by atoms with Gasteiger partial charge in [0.2, 0.25) is 0 Å². The molecule has 1 rings (SSSR count). The molecule has 1 unspecified atom stereocenters. The second kappa shape index (κ2) is 5.23. The molecule has 2 heteroatoms. The van der Waals surface area contributed by atoms with Crippen LogP contribution in [0.15, 0.2) is 42.5 Å². The zero-order chi connectivity index (χ0) is 8.81. The van der Waals surface area contributed by atoms with Crippen molar-refractivity contribution in [2.24, 2.45) is 0 Å². The molecule has 0 aromatic heterocycles. The van der Waals surface area contributed by atoms with Crippen LogP contribution in [0.25, 0.3) is 0 Å². The lowest BCUT2D eigenvalue weighted by Gasteiger charge is -2.02. The van der Waals surface area contributed by atoms with Crippen molar-refractivity contribution < 1.29 is 0 Å². The third-order valence-corrected chi connectivity index (χ3v) is 2.09. The third-order valence-electron chi connectivity index (χ3n) is 1.51. The fraction of sp³-hybridized carbons (Fsp3) is 0.200. The molecule has 1 aromatic carbocycles. The molecule has 0 N–H and O–H groups in total. The number of hydrogen-bond acceptors (Lipinski definition) is 0. The second-order valence-corrected chi connectivity index (χ2v) is 3.17. The van der Waals surface area contributed by atoms with Crippen LogP contribution in [0.3, 0.4) is 0 Å². The normalized spacial score (nSPS) is 13.5. The van der Waals surface area contributed by atoms with Crippen molar-refractivity contribution in [1.82, 2.24) is 0 Å². The predicted molar refractivity (Wildman–Crippen MR) is 54.9 cm³/mol. The molecule has 0 saturated heterocycles. The Morgan fingerprint density at radius 2 is 1.92 bits per heavy atom. The quantitative estimate of drug-likeness (QED) is 0.515. The molecule has 0 fully saturated rings. The smallest absolute Gasteiger partial charge is 0.0766 e. The highest BCUT2D eigenvalue weighted by atomic mass is 35.5. The Morgan fingerprint density at radius 1 is 1.25 bits per heavy atom. The minimum Gasteiger partial charge on any atom is -0.122 e. The van der Waals surface area contributed by atoms with E-state index in [4.69, 9.17) is 23.2 Å². The summed E-state index contributed by atoms with van der Waals surface area (Å²) in [7, 11) is 0. The van der Waals surface area contributed by atoms with E-state index in [2.05, 4.69) is 0 Å². The van der Waals surface area contributed by atoms with Gasteiger partial charge < -0.3 is 0 Å². The zero-order valence-electron chi connectivity index (χ0n) is 6.58. The van der Waals surface area contributed by atoms with E-state index in [0.29, 0.717) is 5.88 Å². The summed E-state index contributed by atoms with van der Waals surface area (Å²) in [6.07, 6.45) is 3.75. The van der Waals surface area contributed by atoms with Gasteiger partial charge >= 0.3 is 0 Å². The molecule has 1 aromatic rings. The van der Waals surface area contributed by atoms with Crippen LogP contribution in [-0.4, -0.2) is 5.88 Å². The van der Waals surface area contributed by atoms with Gasteiger partial charge in [0.1, 0.15) is 0 Å². The van der Waals surface area contributed by atoms with Crippen LogP contribution in [0.2, 0.25) is 0 Å². The Morgan fingerprint density at radius 3 is 2.50 bits per heavy atom. The number of hydrogen-bond donors (Lipinski definition) is 0. The van der Waals surface area contributed by atoms with E-state index in [1.54, 1.807) is 0 Å². The Hall–Kier alpha value is -0.460. The van der Waals surface area contributed by atoms with Crippen LogP contribution >= 0.6 is 23.2 Å². The average Bonchev–Trinajstić information content (AvgIpc) is 2.15. The summed E-state index contributed by atoms with van der Waals surface area (Å²) in [6.45, 7) is 0. The molecular weight excluding hydrogens is 191 g/mol. The Balaban J connectivity index is 2.65. The van der Waals surface area contributed by atoms with Gasteiger partial charge in [-0.15, -0.1) is 23.2 Å². The number of benzene rings is 1. The molecule has 0 aliphatic rings. The van der Waals surface area contributed by atoms with Crippen LogP contribution in [-0.2, 0) is 0 Å². The van der Waals surface area contributed by atoms with Crippen LogP contribution in [0, 0.1) is 0 Å². The van der Waals surface area contributed by atoms with E-state index in [9.17, 15) is 0 Å². The van der Waals surface area contributed by atoms with Crippen molar-refractivity contribution in [2.75, 3.05) is 5.88 Å². The number of halogens is 2. The van der Waals surface area contributed by atoms with E-state index in [1.165, 1.54) is 0 Å². The minimum atomic E-state index is -0.0649. The van der Waals surface area contributed by atoms with Crippen LogP contribution in [0.4, 0.5) is 0 Å². The molecule has 0 spiro atoms. The van der Waals surface area contributed by atoms with E-state index >= 15 is 0 Å². The summed E-state index contributed by atoms with van der Waals surface area (Å²) in [6, 6.07) is 9.91. The Labute approximate surface area is 82.8 Å². The molecule has 0 bridgehead atoms. The molecule has 0 amide bonds. The largest absolute Gasteiger partial charge is 0.122 e. The summed E-state index contributed by atoms with van der Waals surface area (Å²) >= 11 is 11.5. The lowest BCUT2D eigenvalue weighted by molar-refractivity contribution is 1.21. The molecule has 64 valence electrons. The summed E-state index contributed by atoms with van der Waals surface area (Å²) in [4.78, 5) is 0. The number of allylic oxidation sites excluding steroid dienone is 2. The van der Waals surface area contributed by atoms with Gasteiger partial charge in [0, 0.05) is 5.88 Å². The molecular formula is C10H10Cl2. The molecule has 0 heterocycles. The topological polar surface area (TPSA) is 0 Å². The first-order valence-corrected chi connectivity index (χ1v) is 4.73. The maximum atomic E-state index is 6.04. The van der Waals surface area contributed by atoms with Crippen molar-refractivity contribution in [3.8, 4) is 0 Å². The highest BCUT2D eigenvalue weighted by Crippen LogP contribution is 2.20. The highest BCUT2D eigenvalue weighted by molar-refractivity contribution is 6.22. The van der Waals surface area contributed by atoms with Gasteiger partial charge in [-0.1, -0.05) is 42.5 Å². The Kier molecular flexibility index (Phi) is 4.20. The van der Waals surface area contributed by atoms with Crippen molar-refractivity contribution in [3.05, 3.63) is 48.0 Å². The molecule has 0 aliphatic carbocycles. The maximum absolute atomic E-state index is 6.04. The van der Waals surface area contributed by atoms with E-state index in [0.717, 1.165) is 5.56 Å². The second-order valence-electron chi connectivity index (χ2n) is 2.39. The monoisotopic (exact) mass is 200 g/mol. The molecule has 0 nitrogen and oxygen atoms in total. The van der Waals surface area contributed by atoms with Gasteiger partial charge in [0.15, 0.2) is 0 Å². The van der Waals surface area contributed by atoms with Crippen molar-refractivity contribution in [3.63, 3.8) is 0 Å². The van der Waals surface area contributed by atoms with Gasteiger partial charge in [-0.25, -0.2) is 0 Å². The predicted octanol–water partition coefficient (Wildman–Crippen LogP) is 3.76. The molecule has 1 atom stereocenters. The van der Waals surface area contributed by atoms with Gasteiger partial charge in [-0.05, 0) is 5.56 Å². The number of alkyl halides is 2. The summed E-state index contributed by atoms with van der Waals surface area (Å²) < 4.78 is 0. The van der Waals surface area contributed by atoms with E-state index < -0.39 is 0 Å². The van der Waals surface area contributed by atoms with Crippen molar-refractivity contribution in [1.29, 1.82) is 0 Å². The summed E-state index contributed by atoms with van der Waals surface area (Å²) in [5.41, 5.74) is 1.10. The fourth-order valence-corrected chi connectivity index (χ4v) is 1.27. The fourth-order valence-electron chi connectivity index (χ4n) is 0.919. The Bertz CT molecular complexity index is 241. The lowest BCUT2D eigenvalue weighted by atomic mass is 10.1. The van der Waals surface area contributed by atoms with Crippen LogP contribution in [0.1, 0.15) is 10.9 Å². The molecule has 0 radical (unpaired) electrons. The SMILES string of the molecule is ClC/C=C/C(Cl)c1ccccc1. The molecule has 0 aliphatic heterocycles. The number of rotatable bonds is 3. The van der Waals surface area contributed by atoms with Gasteiger partial charge in [0.25, 0.3) is 0 Å². The van der Waals surface area contributed by atoms with E-state index in [1.807, 2.05) is 42.5 Å².